The van der Waals surface area contributed by atoms with Gasteiger partial charge in [0, 0.05) is 33.5 Å². The van der Waals surface area contributed by atoms with Crippen molar-refractivity contribution in [3.63, 3.8) is 0 Å². The average molecular weight is 727 g/mol. The van der Waals surface area contributed by atoms with Gasteiger partial charge in [-0.3, -0.25) is 0 Å². The topological polar surface area (TPSA) is 8.17 Å². The average Bonchev–Trinajstić information content (AvgIpc) is 3.78. The van der Waals surface area contributed by atoms with Crippen LogP contribution in [0.5, 0.6) is 0 Å². The molecule has 268 valence electrons. The third-order valence-corrected chi connectivity index (χ3v) is 11.9. The quantitative estimate of drug-likeness (QED) is 0.159. The largest absolute Gasteiger partial charge is 0.310 e. The lowest BCUT2D eigenvalue weighted by Crippen LogP contribution is -2.28. The Hall–Kier alpha value is -7.42. The molecule has 0 amide bonds. The number of rotatable bonds is 7. The van der Waals surface area contributed by atoms with Crippen LogP contribution in [0.15, 0.2) is 231 Å². The van der Waals surface area contributed by atoms with Crippen molar-refractivity contribution in [1.82, 2.24) is 4.57 Å². The van der Waals surface area contributed by atoms with Crippen molar-refractivity contribution in [1.29, 1.82) is 0 Å². The molecule has 0 spiro atoms. The van der Waals surface area contributed by atoms with Crippen LogP contribution in [0.4, 0.5) is 17.1 Å². The van der Waals surface area contributed by atoms with Gasteiger partial charge in [-0.25, -0.2) is 0 Å². The van der Waals surface area contributed by atoms with Crippen LogP contribution in [-0.2, 0) is 5.41 Å². The summed E-state index contributed by atoms with van der Waals surface area (Å²) in [4.78, 5) is 2.39. The fourth-order valence-corrected chi connectivity index (χ4v) is 9.40. The van der Waals surface area contributed by atoms with E-state index >= 15 is 0 Å². The van der Waals surface area contributed by atoms with E-state index in [2.05, 4.69) is 240 Å². The molecule has 0 radical (unpaired) electrons. The molecular formula is C55H38N2. The number of hydrogen-bond acceptors (Lipinski definition) is 1. The molecule has 11 rings (SSSR count). The van der Waals surface area contributed by atoms with Gasteiger partial charge >= 0.3 is 0 Å². The standard InChI is InChI=1S/C55H38N2/c1-5-17-39(18-6-1)40-29-32-45(33-30-40)56(43-21-9-3-10-22-43)46-34-35-48-47-25-13-15-27-51(47)55(52(48)38-46,41-19-7-2-8-20-41)42-31-36-54-50(37-42)49-26-14-16-28-53(49)57(54)44-23-11-4-12-24-44/h1-38H. The Kier molecular flexibility index (Phi) is 7.75. The maximum atomic E-state index is 2.47. The Morgan fingerprint density at radius 3 is 1.67 bits per heavy atom. The first-order chi connectivity index (χ1) is 28.3. The Morgan fingerprint density at radius 1 is 0.333 bits per heavy atom. The Morgan fingerprint density at radius 2 is 0.895 bits per heavy atom. The number of para-hydroxylation sites is 3. The number of fused-ring (bicyclic) bond motifs is 6. The highest BCUT2D eigenvalue weighted by atomic mass is 15.1. The minimum Gasteiger partial charge on any atom is -0.310 e. The van der Waals surface area contributed by atoms with E-state index in [1.807, 2.05) is 0 Å². The van der Waals surface area contributed by atoms with E-state index in [4.69, 9.17) is 0 Å². The van der Waals surface area contributed by atoms with Crippen molar-refractivity contribution in [2.75, 3.05) is 4.90 Å². The van der Waals surface area contributed by atoms with Gasteiger partial charge in [0.25, 0.3) is 0 Å². The maximum absolute atomic E-state index is 2.47. The second-order valence-corrected chi connectivity index (χ2v) is 14.9. The molecule has 0 fully saturated rings. The number of hydrogen-bond donors (Lipinski definition) is 0. The summed E-state index contributed by atoms with van der Waals surface area (Å²) >= 11 is 0. The van der Waals surface area contributed by atoms with Crippen molar-refractivity contribution in [2.45, 2.75) is 5.41 Å². The van der Waals surface area contributed by atoms with Crippen LogP contribution in [0.2, 0.25) is 0 Å². The fourth-order valence-electron chi connectivity index (χ4n) is 9.40. The van der Waals surface area contributed by atoms with Crippen LogP contribution < -0.4 is 4.90 Å². The highest BCUT2D eigenvalue weighted by Crippen LogP contribution is 2.57. The molecule has 0 aliphatic heterocycles. The molecule has 0 N–H and O–H groups in total. The lowest BCUT2D eigenvalue weighted by Gasteiger charge is -2.35. The summed E-state index contributed by atoms with van der Waals surface area (Å²) < 4.78 is 2.40. The predicted octanol–water partition coefficient (Wildman–Crippen LogP) is 14.3. The van der Waals surface area contributed by atoms with Crippen molar-refractivity contribution >= 4 is 38.9 Å². The van der Waals surface area contributed by atoms with Gasteiger partial charge < -0.3 is 9.47 Å². The molecule has 2 heteroatoms. The van der Waals surface area contributed by atoms with Crippen molar-refractivity contribution in [3.8, 4) is 27.9 Å². The SMILES string of the molecule is c1ccc(-c2ccc(N(c3ccccc3)c3ccc4c(c3)C(c3ccccc3)(c3ccc5c(c3)c3ccccc3n5-c3ccccc3)c3ccccc3-4)cc2)cc1. The molecule has 0 bridgehead atoms. The first-order valence-corrected chi connectivity index (χ1v) is 19.7. The molecule has 1 heterocycles. The Labute approximate surface area is 333 Å². The predicted molar refractivity (Wildman–Crippen MR) is 238 cm³/mol. The van der Waals surface area contributed by atoms with Gasteiger partial charge in [0.1, 0.15) is 0 Å². The highest BCUT2D eigenvalue weighted by Gasteiger charge is 2.46. The van der Waals surface area contributed by atoms with E-state index in [1.54, 1.807) is 0 Å². The van der Waals surface area contributed by atoms with E-state index in [9.17, 15) is 0 Å². The first-order valence-electron chi connectivity index (χ1n) is 19.7. The third-order valence-electron chi connectivity index (χ3n) is 11.9. The molecule has 1 aliphatic carbocycles. The zero-order valence-electron chi connectivity index (χ0n) is 31.3. The van der Waals surface area contributed by atoms with Crippen LogP contribution >= 0.6 is 0 Å². The summed E-state index contributed by atoms with van der Waals surface area (Å²) in [5.74, 6) is 0. The van der Waals surface area contributed by atoms with Gasteiger partial charge in [0.05, 0.1) is 16.4 Å². The van der Waals surface area contributed by atoms with E-state index in [1.165, 1.54) is 66.3 Å². The van der Waals surface area contributed by atoms with Crippen LogP contribution in [0, 0.1) is 0 Å². The number of benzene rings is 9. The van der Waals surface area contributed by atoms with Crippen molar-refractivity contribution in [3.05, 3.63) is 253 Å². The van der Waals surface area contributed by atoms with Gasteiger partial charge in [-0.2, -0.15) is 0 Å². The summed E-state index contributed by atoms with van der Waals surface area (Å²) in [6.07, 6.45) is 0. The second-order valence-electron chi connectivity index (χ2n) is 14.9. The van der Waals surface area contributed by atoms with Crippen LogP contribution in [0.3, 0.4) is 0 Å². The third kappa shape index (κ3) is 5.18. The first kappa shape index (κ1) is 33.0. The molecule has 0 saturated carbocycles. The maximum Gasteiger partial charge on any atom is 0.0714 e. The van der Waals surface area contributed by atoms with Crippen LogP contribution in [0.1, 0.15) is 22.3 Å². The highest BCUT2D eigenvalue weighted by molar-refractivity contribution is 6.10. The molecule has 1 aliphatic rings. The summed E-state index contributed by atoms with van der Waals surface area (Å²) in [7, 11) is 0. The zero-order valence-corrected chi connectivity index (χ0v) is 31.3. The van der Waals surface area contributed by atoms with Crippen LogP contribution in [0.25, 0.3) is 49.7 Å². The summed E-state index contributed by atoms with van der Waals surface area (Å²) in [5, 5.41) is 2.49. The normalized spacial score (nSPS) is 14.4. The molecule has 0 saturated heterocycles. The monoisotopic (exact) mass is 726 g/mol. The summed E-state index contributed by atoms with van der Waals surface area (Å²) in [5.41, 5.74) is 16.3. The molecular weight excluding hydrogens is 689 g/mol. The molecule has 10 aromatic rings. The van der Waals surface area contributed by atoms with Gasteiger partial charge in [-0.05, 0) is 111 Å². The molecule has 1 aromatic heterocycles. The second kappa shape index (κ2) is 13.4. The minimum atomic E-state index is -0.577. The van der Waals surface area contributed by atoms with Crippen molar-refractivity contribution < 1.29 is 0 Å². The van der Waals surface area contributed by atoms with E-state index in [-0.39, 0.29) is 0 Å². The van der Waals surface area contributed by atoms with Gasteiger partial charge in [-0.1, -0.05) is 164 Å². The van der Waals surface area contributed by atoms with Gasteiger partial charge in [0.15, 0.2) is 0 Å². The molecule has 1 unspecified atom stereocenters. The Bertz CT molecular complexity index is 3040. The zero-order chi connectivity index (χ0) is 37.8. The number of aromatic nitrogens is 1. The minimum absolute atomic E-state index is 0.577. The number of anilines is 3. The molecule has 1 atom stereocenters. The Balaban J connectivity index is 1.17. The van der Waals surface area contributed by atoms with E-state index < -0.39 is 5.41 Å². The summed E-state index contributed by atoms with van der Waals surface area (Å²) in [6.45, 7) is 0. The molecule has 57 heavy (non-hydrogen) atoms. The molecule has 9 aromatic carbocycles. The van der Waals surface area contributed by atoms with Gasteiger partial charge in [-0.15, -0.1) is 0 Å². The lowest BCUT2D eigenvalue weighted by molar-refractivity contribution is 0.770. The molecule has 2 nitrogen and oxygen atoms in total. The summed E-state index contributed by atoms with van der Waals surface area (Å²) in [6, 6.07) is 84.3. The van der Waals surface area contributed by atoms with Crippen LogP contribution in [-0.4, -0.2) is 4.57 Å². The van der Waals surface area contributed by atoms with E-state index in [0.29, 0.717) is 0 Å². The van der Waals surface area contributed by atoms with E-state index in [0.717, 1.165) is 22.7 Å². The number of nitrogens with zero attached hydrogens (tertiary/aromatic N) is 2. The lowest BCUT2D eigenvalue weighted by atomic mass is 9.67. The van der Waals surface area contributed by atoms with Crippen molar-refractivity contribution in [2.24, 2.45) is 0 Å². The van der Waals surface area contributed by atoms with Gasteiger partial charge in [0.2, 0.25) is 0 Å². The smallest absolute Gasteiger partial charge is 0.0714 e. The fraction of sp³-hybridized carbons (Fsp3) is 0.0182.